The molecule has 2 heterocycles. The standard InChI is InChI=1S/C18H16BrN3O5/c1-9-14(16(23)26-6-5-25-2)18(12(8-20)15(21)27-9)11-7-10(19)3-4-13(11)22-17(18)24/h3-4,7,12,21H,5-6H2,1-2H3,(H,22,24). The molecule has 27 heavy (non-hydrogen) atoms. The number of halogens is 1. The van der Waals surface area contributed by atoms with Crippen molar-refractivity contribution in [3.63, 3.8) is 0 Å². The molecule has 9 heteroatoms. The van der Waals surface area contributed by atoms with E-state index in [1.54, 1.807) is 18.2 Å². The topological polar surface area (TPSA) is 122 Å². The minimum absolute atomic E-state index is 0.0240. The maximum atomic E-state index is 13.1. The Bertz CT molecular complexity index is 920. The van der Waals surface area contributed by atoms with Gasteiger partial charge in [-0.05, 0) is 30.7 Å². The number of rotatable bonds is 4. The fourth-order valence-electron chi connectivity index (χ4n) is 3.47. The van der Waals surface area contributed by atoms with Gasteiger partial charge < -0.3 is 19.5 Å². The SMILES string of the molecule is COCCOC(=O)C1=C(C)OC(=N)C(C#N)C12C(=O)Nc1ccc(Br)cc12. The van der Waals surface area contributed by atoms with E-state index in [1.165, 1.54) is 14.0 Å². The van der Waals surface area contributed by atoms with E-state index in [1.807, 2.05) is 6.07 Å². The Labute approximate surface area is 163 Å². The van der Waals surface area contributed by atoms with Crippen LogP contribution in [-0.4, -0.2) is 38.1 Å². The Hall–Kier alpha value is -2.70. The third kappa shape index (κ3) is 2.81. The molecular formula is C18H16BrN3O5. The number of carbonyl (C=O) groups excluding carboxylic acids is 2. The molecule has 0 saturated carbocycles. The highest BCUT2D eigenvalue weighted by atomic mass is 79.9. The first-order valence-electron chi connectivity index (χ1n) is 8.02. The van der Waals surface area contributed by atoms with Crippen LogP contribution in [0.1, 0.15) is 12.5 Å². The molecule has 8 nitrogen and oxygen atoms in total. The molecule has 2 atom stereocenters. The first kappa shape index (κ1) is 19.1. The van der Waals surface area contributed by atoms with Crippen molar-refractivity contribution in [3.05, 3.63) is 39.6 Å². The number of methoxy groups -OCH3 is 1. The third-order valence-electron chi connectivity index (χ3n) is 4.57. The smallest absolute Gasteiger partial charge is 0.339 e. The second kappa shape index (κ2) is 7.13. The molecule has 140 valence electrons. The molecule has 2 aliphatic rings. The fourth-order valence-corrected chi connectivity index (χ4v) is 3.83. The molecule has 0 bridgehead atoms. The average Bonchev–Trinajstić information content (AvgIpc) is 2.88. The molecule has 0 aliphatic carbocycles. The average molecular weight is 434 g/mol. The number of hydrogen-bond donors (Lipinski definition) is 2. The molecule has 2 aliphatic heterocycles. The number of carbonyl (C=O) groups is 2. The van der Waals surface area contributed by atoms with E-state index in [4.69, 9.17) is 19.6 Å². The molecule has 0 radical (unpaired) electrons. The molecule has 1 amide bonds. The summed E-state index contributed by atoms with van der Waals surface area (Å²) in [7, 11) is 1.47. The zero-order valence-corrected chi connectivity index (χ0v) is 16.2. The number of hydrogen-bond acceptors (Lipinski definition) is 7. The van der Waals surface area contributed by atoms with Crippen LogP contribution in [0.15, 0.2) is 34.0 Å². The Morgan fingerprint density at radius 3 is 2.89 bits per heavy atom. The van der Waals surface area contributed by atoms with Gasteiger partial charge in [-0.1, -0.05) is 15.9 Å². The highest BCUT2D eigenvalue weighted by Gasteiger charge is 2.62. The van der Waals surface area contributed by atoms with E-state index in [0.29, 0.717) is 15.7 Å². The van der Waals surface area contributed by atoms with E-state index in [2.05, 4.69) is 21.2 Å². The van der Waals surface area contributed by atoms with Crippen LogP contribution in [0.3, 0.4) is 0 Å². The van der Waals surface area contributed by atoms with Gasteiger partial charge in [-0.15, -0.1) is 0 Å². The monoisotopic (exact) mass is 433 g/mol. The summed E-state index contributed by atoms with van der Waals surface area (Å²) in [6.45, 7) is 1.63. The number of amides is 1. The largest absolute Gasteiger partial charge is 0.460 e. The van der Waals surface area contributed by atoms with Crippen LogP contribution in [0.2, 0.25) is 0 Å². The molecule has 3 rings (SSSR count). The minimum atomic E-state index is -1.72. The zero-order valence-electron chi connectivity index (χ0n) is 14.6. The molecule has 1 aromatic rings. The van der Waals surface area contributed by atoms with Gasteiger partial charge in [-0.25, -0.2) is 4.79 Å². The van der Waals surface area contributed by atoms with Gasteiger partial charge in [0.1, 0.15) is 23.7 Å². The molecule has 2 unspecified atom stereocenters. The van der Waals surface area contributed by atoms with Gasteiger partial charge in [0, 0.05) is 17.3 Å². The summed E-state index contributed by atoms with van der Waals surface area (Å²) in [6.07, 6.45) is 0. The molecule has 1 aromatic carbocycles. The Balaban J connectivity index is 2.25. The third-order valence-corrected chi connectivity index (χ3v) is 5.06. The van der Waals surface area contributed by atoms with Crippen LogP contribution in [0.5, 0.6) is 0 Å². The van der Waals surface area contributed by atoms with E-state index < -0.39 is 29.1 Å². The van der Waals surface area contributed by atoms with Crippen LogP contribution in [0.25, 0.3) is 0 Å². The van der Waals surface area contributed by atoms with Gasteiger partial charge in [-0.2, -0.15) is 5.26 Å². The number of nitrogens with one attached hydrogen (secondary N) is 2. The van der Waals surface area contributed by atoms with Crippen LogP contribution in [-0.2, 0) is 29.2 Å². The maximum absolute atomic E-state index is 13.1. The van der Waals surface area contributed by atoms with Crippen LogP contribution >= 0.6 is 15.9 Å². The van der Waals surface area contributed by atoms with Crippen LogP contribution < -0.4 is 5.32 Å². The number of ether oxygens (including phenoxy) is 3. The number of benzene rings is 1. The maximum Gasteiger partial charge on any atom is 0.339 e. The van der Waals surface area contributed by atoms with E-state index in [9.17, 15) is 14.9 Å². The summed E-state index contributed by atoms with van der Waals surface area (Å²) < 4.78 is 16.1. The Morgan fingerprint density at radius 1 is 1.48 bits per heavy atom. The number of esters is 1. The fraction of sp³-hybridized carbons (Fsp3) is 0.333. The lowest BCUT2D eigenvalue weighted by Crippen LogP contribution is -2.52. The molecule has 0 fully saturated rings. The zero-order chi connectivity index (χ0) is 19.8. The van der Waals surface area contributed by atoms with Gasteiger partial charge in [0.15, 0.2) is 0 Å². The normalized spacial score (nSPS) is 23.6. The second-order valence-electron chi connectivity index (χ2n) is 6.04. The number of allylic oxidation sites excluding steroid dienone is 1. The summed E-state index contributed by atoms with van der Waals surface area (Å²) in [5.41, 5.74) is -0.930. The number of anilines is 1. The van der Waals surface area contributed by atoms with Crippen LogP contribution in [0.4, 0.5) is 5.69 Å². The second-order valence-corrected chi connectivity index (χ2v) is 6.96. The number of nitriles is 1. The van der Waals surface area contributed by atoms with Gasteiger partial charge in [-0.3, -0.25) is 10.2 Å². The molecule has 1 spiro atoms. The summed E-state index contributed by atoms with van der Waals surface area (Å²) in [5.74, 6) is -3.03. The summed E-state index contributed by atoms with van der Waals surface area (Å²) in [6, 6.07) is 7.02. The van der Waals surface area contributed by atoms with Crippen molar-refractivity contribution in [2.45, 2.75) is 12.3 Å². The van der Waals surface area contributed by atoms with Gasteiger partial charge in [0.25, 0.3) is 0 Å². The highest BCUT2D eigenvalue weighted by molar-refractivity contribution is 9.10. The lowest BCUT2D eigenvalue weighted by molar-refractivity contribution is -0.143. The van der Waals surface area contributed by atoms with Crippen molar-refractivity contribution in [3.8, 4) is 6.07 Å². The van der Waals surface area contributed by atoms with E-state index in [-0.39, 0.29) is 24.5 Å². The van der Waals surface area contributed by atoms with Gasteiger partial charge in [0.05, 0.1) is 18.2 Å². The first-order chi connectivity index (χ1) is 12.9. The lowest BCUT2D eigenvalue weighted by atomic mass is 9.64. The minimum Gasteiger partial charge on any atom is -0.460 e. The van der Waals surface area contributed by atoms with E-state index in [0.717, 1.165) is 0 Å². The van der Waals surface area contributed by atoms with Crippen molar-refractivity contribution >= 4 is 39.4 Å². The van der Waals surface area contributed by atoms with Gasteiger partial charge >= 0.3 is 5.97 Å². The first-order valence-corrected chi connectivity index (χ1v) is 8.82. The molecule has 0 saturated heterocycles. The molecule has 2 N–H and O–H groups in total. The molecular weight excluding hydrogens is 418 g/mol. The van der Waals surface area contributed by atoms with Crippen molar-refractivity contribution in [2.75, 3.05) is 25.6 Å². The van der Waals surface area contributed by atoms with Crippen molar-refractivity contribution < 1.29 is 23.8 Å². The predicted molar refractivity (Wildman–Crippen MR) is 97.9 cm³/mol. The predicted octanol–water partition coefficient (Wildman–Crippen LogP) is 2.25. The Morgan fingerprint density at radius 2 is 2.22 bits per heavy atom. The molecule has 0 aromatic heterocycles. The highest BCUT2D eigenvalue weighted by Crippen LogP contribution is 2.52. The van der Waals surface area contributed by atoms with Crippen molar-refractivity contribution in [1.82, 2.24) is 0 Å². The van der Waals surface area contributed by atoms with E-state index >= 15 is 0 Å². The van der Waals surface area contributed by atoms with Crippen LogP contribution in [0, 0.1) is 22.7 Å². The van der Waals surface area contributed by atoms with Gasteiger partial charge in [0.2, 0.25) is 11.8 Å². The number of nitrogens with zero attached hydrogens (tertiary/aromatic N) is 1. The van der Waals surface area contributed by atoms with Crippen molar-refractivity contribution in [2.24, 2.45) is 5.92 Å². The number of fused-ring (bicyclic) bond motifs is 2. The van der Waals surface area contributed by atoms with Crippen molar-refractivity contribution in [1.29, 1.82) is 10.7 Å². The summed E-state index contributed by atoms with van der Waals surface area (Å²) >= 11 is 3.36. The Kier molecular flexibility index (Phi) is 5.04. The quantitative estimate of drug-likeness (QED) is 0.554. The summed E-state index contributed by atoms with van der Waals surface area (Å²) in [5, 5.41) is 20.6. The lowest BCUT2D eigenvalue weighted by Gasteiger charge is -2.37. The summed E-state index contributed by atoms with van der Waals surface area (Å²) in [4.78, 5) is 26.0.